The highest BCUT2D eigenvalue weighted by atomic mass is 32.2. The Morgan fingerprint density at radius 2 is 2.11 bits per heavy atom. The quantitative estimate of drug-likeness (QED) is 0.734. The van der Waals surface area contributed by atoms with Crippen LogP contribution in [0, 0.1) is 0 Å². The van der Waals surface area contributed by atoms with Gasteiger partial charge in [-0.05, 0) is 30.9 Å². The summed E-state index contributed by atoms with van der Waals surface area (Å²) in [5.41, 5.74) is 1.18. The lowest BCUT2D eigenvalue weighted by atomic mass is 10.2. The molecule has 1 N–H and O–H groups in total. The van der Waals surface area contributed by atoms with Crippen LogP contribution in [0.1, 0.15) is 18.9 Å². The van der Waals surface area contributed by atoms with Crippen molar-refractivity contribution in [2.24, 2.45) is 0 Å². The van der Waals surface area contributed by atoms with Crippen molar-refractivity contribution in [1.82, 2.24) is 5.32 Å². The predicted molar refractivity (Wildman–Crippen MR) is 76.7 cm³/mol. The van der Waals surface area contributed by atoms with Crippen molar-refractivity contribution in [2.45, 2.75) is 25.9 Å². The Bertz CT molecular complexity index is 343. The first-order valence-corrected chi connectivity index (χ1v) is 7.60. The summed E-state index contributed by atoms with van der Waals surface area (Å²) >= 11 is 1.74. The maximum absolute atomic E-state index is 11.8. The molecule has 3 nitrogen and oxygen atoms in total. The van der Waals surface area contributed by atoms with E-state index in [1.54, 1.807) is 11.8 Å². The van der Waals surface area contributed by atoms with E-state index in [-0.39, 0.29) is 12.0 Å². The Morgan fingerprint density at radius 1 is 1.39 bits per heavy atom. The summed E-state index contributed by atoms with van der Waals surface area (Å²) in [6.07, 6.45) is 2.84. The van der Waals surface area contributed by atoms with E-state index in [4.69, 9.17) is 4.74 Å². The zero-order valence-corrected chi connectivity index (χ0v) is 11.8. The number of carbonyl (C=O) groups excluding carboxylic acids is 1. The number of benzene rings is 1. The molecule has 100 valence electrons. The topological polar surface area (TPSA) is 38.3 Å². The molecule has 18 heavy (non-hydrogen) atoms. The Kier molecular flexibility index (Phi) is 7.53. The highest BCUT2D eigenvalue weighted by Gasteiger charge is 2.18. The van der Waals surface area contributed by atoms with Gasteiger partial charge in [-0.2, -0.15) is 11.8 Å². The molecule has 0 unspecified atom stereocenters. The fraction of sp³-hybridized carbons (Fsp3) is 0.500. The van der Waals surface area contributed by atoms with Gasteiger partial charge in [0, 0.05) is 6.54 Å². The van der Waals surface area contributed by atoms with E-state index in [1.165, 1.54) is 5.56 Å². The van der Waals surface area contributed by atoms with E-state index in [0.29, 0.717) is 13.2 Å². The van der Waals surface area contributed by atoms with Crippen LogP contribution in [-0.2, 0) is 16.1 Å². The van der Waals surface area contributed by atoms with Gasteiger partial charge in [-0.15, -0.1) is 0 Å². The third kappa shape index (κ3) is 5.56. The van der Waals surface area contributed by atoms with Crippen LogP contribution in [0.5, 0.6) is 0 Å². The zero-order chi connectivity index (χ0) is 13.2. The van der Waals surface area contributed by atoms with Crippen LogP contribution < -0.4 is 5.32 Å². The summed E-state index contributed by atoms with van der Waals surface area (Å²) in [6.45, 7) is 2.96. The molecule has 0 aliphatic rings. The summed E-state index contributed by atoms with van der Waals surface area (Å²) in [5.74, 6) is 0.799. The molecule has 1 aromatic carbocycles. The lowest BCUT2D eigenvalue weighted by Crippen LogP contribution is -2.38. The molecule has 0 amide bonds. The maximum atomic E-state index is 11.8. The molecular formula is C14H21NO2S. The summed E-state index contributed by atoms with van der Waals surface area (Å²) in [4.78, 5) is 11.8. The summed E-state index contributed by atoms with van der Waals surface area (Å²) in [7, 11) is 0. The van der Waals surface area contributed by atoms with Crippen molar-refractivity contribution in [3.63, 3.8) is 0 Å². The first-order chi connectivity index (χ1) is 8.77. The van der Waals surface area contributed by atoms with Crippen molar-refractivity contribution in [2.75, 3.05) is 18.6 Å². The number of ether oxygens (including phenoxy) is 1. The van der Waals surface area contributed by atoms with Gasteiger partial charge in [-0.1, -0.05) is 30.3 Å². The van der Waals surface area contributed by atoms with Crippen LogP contribution in [-0.4, -0.2) is 30.6 Å². The van der Waals surface area contributed by atoms with Crippen molar-refractivity contribution in [3.8, 4) is 0 Å². The minimum Gasteiger partial charge on any atom is -0.465 e. The van der Waals surface area contributed by atoms with Gasteiger partial charge in [-0.25, -0.2) is 0 Å². The molecule has 0 spiro atoms. The molecule has 1 atom stereocenters. The minimum atomic E-state index is -0.211. The van der Waals surface area contributed by atoms with Gasteiger partial charge in [0.2, 0.25) is 0 Å². The number of carbonyl (C=O) groups is 1. The van der Waals surface area contributed by atoms with E-state index < -0.39 is 0 Å². The molecule has 0 saturated carbocycles. The van der Waals surface area contributed by atoms with Crippen LogP contribution in [0.15, 0.2) is 30.3 Å². The van der Waals surface area contributed by atoms with Gasteiger partial charge in [0.25, 0.3) is 0 Å². The molecular weight excluding hydrogens is 246 g/mol. The standard InChI is InChI=1S/C14H21NO2S/c1-3-17-14(16)13(9-10-18-2)15-11-12-7-5-4-6-8-12/h4-8,13,15H,3,9-11H2,1-2H3/t13-/m0/s1. The monoisotopic (exact) mass is 267 g/mol. The highest BCUT2D eigenvalue weighted by molar-refractivity contribution is 7.98. The van der Waals surface area contributed by atoms with Crippen molar-refractivity contribution < 1.29 is 9.53 Å². The molecule has 0 fully saturated rings. The van der Waals surface area contributed by atoms with Gasteiger partial charge in [0.15, 0.2) is 0 Å². The normalized spacial score (nSPS) is 12.1. The molecule has 0 aliphatic carbocycles. The number of nitrogens with one attached hydrogen (secondary N) is 1. The first kappa shape index (κ1) is 15.1. The second kappa shape index (κ2) is 9.00. The van der Waals surface area contributed by atoms with E-state index in [2.05, 4.69) is 5.32 Å². The number of esters is 1. The molecule has 0 heterocycles. The van der Waals surface area contributed by atoms with Gasteiger partial charge in [-0.3, -0.25) is 4.79 Å². The second-order valence-electron chi connectivity index (χ2n) is 3.95. The molecule has 0 aromatic heterocycles. The molecule has 4 heteroatoms. The van der Waals surface area contributed by atoms with E-state index in [0.717, 1.165) is 12.2 Å². The van der Waals surface area contributed by atoms with Crippen molar-refractivity contribution >= 4 is 17.7 Å². The van der Waals surface area contributed by atoms with Gasteiger partial charge >= 0.3 is 5.97 Å². The maximum Gasteiger partial charge on any atom is 0.323 e. The Labute approximate surface area is 113 Å². The Morgan fingerprint density at radius 3 is 2.72 bits per heavy atom. The third-order valence-corrected chi connectivity index (χ3v) is 3.22. The molecule has 1 rings (SSSR count). The average Bonchev–Trinajstić information content (AvgIpc) is 2.40. The molecule has 0 saturated heterocycles. The summed E-state index contributed by atoms with van der Waals surface area (Å²) in [6, 6.07) is 9.86. The fourth-order valence-electron chi connectivity index (χ4n) is 1.62. The molecule has 0 radical (unpaired) electrons. The van der Waals surface area contributed by atoms with Crippen LogP contribution in [0.4, 0.5) is 0 Å². The smallest absolute Gasteiger partial charge is 0.323 e. The molecule has 1 aromatic rings. The van der Waals surface area contributed by atoms with E-state index in [1.807, 2.05) is 43.5 Å². The van der Waals surface area contributed by atoms with E-state index in [9.17, 15) is 4.79 Å². The number of hydrogen-bond acceptors (Lipinski definition) is 4. The summed E-state index contributed by atoms with van der Waals surface area (Å²) < 4.78 is 5.08. The Balaban J connectivity index is 2.47. The second-order valence-corrected chi connectivity index (χ2v) is 4.94. The molecule has 0 aliphatic heterocycles. The lowest BCUT2D eigenvalue weighted by molar-refractivity contribution is -0.145. The number of rotatable bonds is 8. The minimum absolute atomic E-state index is 0.150. The first-order valence-electron chi connectivity index (χ1n) is 6.20. The third-order valence-electron chi connectivity index (χ3n) is 2.58. The SMILES string of the molecule is CCOC(=O)[C@H](CCSC)NCc1ccccc1. The summed E-state index contributed by atoms with van der Waals surface area (Å²) in [5, 5.41) is 3.27. The predicted octanol–water partition coefficient (Wildman–Crippen LogP) is 2.46. The van der Waals surface area contributed by atoms with Crippen molar-refractivity contribution in [1.29, 1.82) is 0 Å². The van der Waals surface area contributed by atoms with Gasteiger partial charge < -0.3 is 10.1 Å². The van der Waals surface area contributed by atoms with Gasteiger partial charge in [0.1, 0.15) is 6.04 Å². The number of hydrogen-bond donors (Lipinski definition) is 1. The van der Waals surface area contributed by atoms with E-state index >= 15 is 0 Å². The largest absolute Gasteiger partial charge is 0.465 e. The fourth-order valence-corrected chi connectivity index (χ4v) is 2.09. The molecule has 0 bridgehead atoms. The number of thioether (sulfide) groups is 1. The Hall–Kier alpha value is -1.00. The van der Waals surface area contributed by atoms with Crippen LogP contribution >= 0.6 is 11.8 Å². The van der Waals surface area contributed by atoms with Gasteiger partial charge in [0.05, 0.1) is 6.61 Å². The van der Waals surface area contributed by atoms with Crippen LogP contribution in [0.25, 0.3) is 0 Å². The lowest BCUT2D eigenvalue weighted by Gasteiger charge is -2.16. The van der Waals surface area contributed by atoms with Crippen LogP contribution in [0.3, 0.4) is 0 Å². The average molecular weight is 267 g/mol. The van der Waals surface area contributed by atoms with Crippen LogP contribution in [0.2, 0.25) is 0 Å². The zero-order valence-electron chi connectivity index (χ0n) is 11.0. The van der Waals surface area contributed by atoms with Crippen molar-refractivity contribution in [3.05, 3.63) is 35.9 Å². The highest BCUT2D eigenvalue weighted by Crippen LogP contribution is 2.05.